The fourth-order valence-electron chi connectivity index (χ4n) is 2.14. The number of hydrogen-bond donors (Lipinski definition) is 1. The zero-order valence-corrected chi connectivity index (χ0v) is 9.14. The minimum Gasteiger partial charge on any atom is -0.308 e. The number of rotatable bonds is 2. The summed E-state index contributed by atoms with van der Waals surface area (Å²) in [4.78, 5) is 2.46. The van der Waals surface area contributed by atoms with E-state index < -0.39 is 0 Å². The molecule has 76 valence electrons. The lowest BCUT2D eigenvalue weighted by Gasteiger charge is -2.30. The first-order valence-electron chi connectivity index (χ1n) is 5.14. The Morgan fingerprint density at radius 3 is 2.92 bits per heavy atom. The maximum Gasteiger partial charge on any atom is 0.0254 e. The van der Waals surface area contributed by atoms with Crippen molar-refractivity contribution in [3.05, 3.63) is 12.7 Å². The van der Waals surface area contributed by atoms with Gasteiger partial charge in [0, 0.05) is 31.2 Å². The predicted octanol–water partition coefficient (Wildman–Crippen LogP) is 1.63. The molecule has 1 rings (SSSR count). The SMILES string of the molecule is C=CCN1CCC(C)NC(C)(C)C1. The van der Waals surface area contributed by atoms with Gasteiger partial charge in [-0.25, -0.2) is 0 Å². The molecule has 2 heteroatoms. The lowest BCUT2D eigenvalue weighted by molar-refractivity contribution is 0.249. The van der Waals surface area contributed by atoms with Crippen LogP contribution in [0.25, 0.3) is 0 Å². The summed E-state index contributed by atoms with van der Waals surface area (Å²) in [7, 11) is 0. The standard InChI is InChI=1S/C11H22N2/c1-5-7-13-8-6-10(2)12-11(3,4)9-13/h5,10,12H,1,6-9H2,2-4H3. The summed E-state index contributed by atoms with van der Waals surface area (Å²) < 4.78 is 0. The highest BCUT2D eigenvalue weighted by atomic mass is 15.2. The van der Waals surface area contributed by atoms with Crippen LogP contribution in [0.2, 0.25) is 0 Å². The normalized spacial score (nSPS) is 29.6. The van der Waals surface area contributed by atoms with Gasteiger partial charge in [0.2, 0.25) is 0 Å². The van der Waals surface area contributed by atoms with Crippen LogP contribution >= 0.6 is 0 Å². The van der Waals surface area contributed by atoms with Gasteiger partial charge in [0.05, 0.1) is 0 Å². The lowest BCUT2D eigenvalue weighted by atomic mass is 10.0. The van der Waals surface area contributed by atoms with E-state index in [9.17, 15) is 0 Å². The van der Waals surface area contributed by atoms with Crippen LogP contribution in [0.5, 0.6) is 0 Å². The number of nitrogens with one attached hydrogen (secondary N) is 1. The summed E-state index contributed by atoms with van der Waals surface area (Å²) in [6.07, 6.45) is 3.23. The van der Waals surface area contributed by atoms with Crippen molar-refractivity contribution in [2.75, 3.05) is 19.6 Å². The van der Waals surface area contributed by atoms with Crippen LogP contribution < -0.4 is 5.32 Å². The second kappa shape index (κ2) is 4.25. The predicted molar refractivity (Wildman–Crippen MR) is 57.9 cm³/mol. The quantitative estimate of drug-likeness (QED) is 0.653. The molecule has 0 aromatic heterocycles. The number of nitrogens with zero attached hydrogens (tertiary/aromatic N) is 1. The Labute approximate surface area is 82.0 Å². The van der Waals surface area contributed by atoms with Crippen molar-refractivity contribution in [1.82, 2.24) is 10.2 Å². The third kappa shape index (κ3) is 3.49. The van der Waals surface area contributed by atoms with Crippen LogP contribution in [0.15, 0.2) is 12.7 Å². The minimum absolute atomic E-state index is 0.235. The Kier molecular flexibility index (Phi) is 3.51. The van der Waals surface area contributed by atoms with Crippen LogP contribution in [0, 0.1) is 0 Å². The van der Waals surface area contributed by atoms with Crippen molar-refractivity contribution >= 4 is 0 Å². The molecule has 0 saturated carbocycles. The first-order valence-corrected chi connectivity index (χ1v) is 5.14. The molecule has 1 saturated heterocycles. The maximum absolute atomic E-state index is 3.79. The second-order valence-electron chi connectivity index (χ2n) is 4.74. The van der Waals surface area contributed by atoms with Gasteiger partial charge in [-0.1, -0.05) is 6.08 Å². The van der Waals surface area contributed by atoms with Crippen LogP contribution in [-0.4, -0.2) is 36.1 Å². The van der Waals surface area contributed by atoms with E-state index in [1.165, 1.54) is 13.0 Å². The van der Waals surface area contributed by atoms with Gasteiger partial charge in [-0.05, 0) is 27.2 Å². The molecule has 1 aliphatic rings. The van der Waals surface area contributed by atoms with E-state index in [0.29, 0.717) is 6.04 Å². The van der Waals surface area contributed by atoms with Crippen LogP contribution in [0.1, 0.15) is 27.2 Å². The van der Waals surface area contributed by atoms with E-state index in [2.05, 4.69) is 37.6 Å². The largest absolute Gasteiger partial charge is 0.308 e. The van der Waals surface area contributed by atoms with Gasteiger partial charge >= 0.3 is 0 Å². The molecule has 1 aliphatic heterocycles. The fourth-order valence-corrected chi connectivity index (χ4v) is 2.14. The van der Waals surface area contributed by atoms with E-state index >= 15 is 0 Å². The van der Waals surface area contributed by atoms with Crippen LogP contribution in [-0.2, 0) is 0 Å². The maximum atomic E-state index is 3.79. The summed E-state index contributed by atoms with van der Waals surface area (Å²) in [6.45, 7) is 13.9. The molecule has 0 amide bonds. The average Bonchev–Trinajstić information content (AvgIpc) is 2.09. The van der Waals surface area contributed by atoms with Crippen molar-refractivity contribution in [2.45, 2.75) is 38.8 Å². The summed E-state index contributed by atoms with van der Waals surface area (Å²) >= 11 is 0. The summed E-state index contributed by atoms with van der Waals surface area (Å²) in [6, 6.07) is 0.629. The summed E-state index contributed by atoms with van der Waals surface area (Å²) in [5, 5.41) is 3.63. The van der Waals surface area contributed by atoms with Crippen molar-refractivity contribution in [3.63, 3.8) is 0 Å². The summed E-state index contributed by atoms with van der Waals surface area (Å²) in [5.74, 6) is 0. The van der Waals surface area contributed by atoms with Gasteiger partial charge in [-0.15, -0.1) is 6.58 Å². The minimum atomic E-state index is 0.235. The summed E-state index contributed by atoms with van der Waals surface area (Å²) in [5.41, 5.74) is 0.235. The highest BCUT2D eigenvalue weighted by Gasteiger charge is 2.26. The van der Waals surface area contributed by atoms with Gasteiger partial charge in [0.15, 0.2) is 0 Å². The molecular weight excluding hydrogens is 160 g/mol. The average molecular weight is 182 g/mol. The van der Waals surface area contributed by atoms with Gasteiger partial charge in [-0.2, -0.15) is 0 Å². The molecule has 1 unspecified atom stereocenters. The molecule has 1 heterocycles. The molecule has 0 radical (unpaired) electrons. The van der Waals surface area contributed by atoms with E-state index in [4.69, 9.17) is 0 Å². The Morgan fingerprint density at radius 2 is 2.31 bits per heavy atom. The molecule has 13 heavy (non-hydrogen) atoms. The molecule has 2 nitrogen and oxygen atoms in total. The molecule has 0 bridgehead atoms. The van der Waals surface area contributed by atoms with Gasteiger partial charge in [0.1, 0.15) is 0 Å². The molecule has 1 N–H and O–H groups in total. The lowest BCUT2D eigenvalue weighted by Crippen LogP contribution is -2.48. The van der Waals surface area contributed by atoms with Crippen LogP contribution in [0.3, 0.4) is 0 Å². The van der Waals surface area contributed by atoms with E-state index in [1.54, 1.807) is 0 Å². The van der Waals surface area contributed by atoms with Gasteiger partial charge in [-0.3, -0.25) is 4.90 Å². The fraction of sp³-hybridized carbons (Fsp3) is 0.818. The molecule has 0 aromatic carbocycles. The third-order valence-electron chi connectivity index (χ3n) is 2.52. The first kappa shape index (κ1) is 10.7. The molecular formula is C11H22N2. The molecule has 0 aliphatic carbocycles. The van der Waals surface area contributed by atoms with Crippen molar-refractivity contribution < 1.29 is 0 Å². The highest BCUT2D eigenvalue weighted by Crippen LogP contribution is 2.13. The van der Waals surface area contributed by atoms with E-state index in [1.807, 2.05) is 6.08 Å². The Bertz CT molecular complexity index is 175. The zero-order chi connectivity index (χ0) is 9.90. The third-order valence-corrected chi connectivity index (χ3v) is 2.52. The van der Waals surface area contributed by atoms with Crippen molar-refractivity contribution in [2.24, 2.45) is 0 Å². The molecule has 1 fully saturated rings. The Balaban J connectivity index is 2.56. The monoisotopic (exact) mass is 182 g/mol. The second-order valence-corrected chi connectivity index (χ2v) is 4.74. The van der Waals surface area contributed by atoms with Crippen molar-refractivity contribution in [1.29, 1.82) is 0 Å². The Hall–Kier alpha value is -0.340. The highest BCUT2D eigenvalue weighted by molar-refractivity contribution is 4.89. The van der Waals surface area contributed by atoms with Gasteiger partial charge in [0.25, 0.3) is 0 Å². The number of hydrogen-bond acceptors (Lipinski definition) is 2. The Morgan fingerprint density at radius 1 is 1.62 bits per heavy atom. The van der Waals surface area contributed by atoms with E-state index in [-0.39, 0.29) is 5.54 Å². The van der Waals surface area contributed by atoms with Gasteiger partial charge < -0.3 is 5.32 Å². The molecule has 0 spiro atoms. The smallest absolute Gasteiger partial charge is 0.0254 e. The van der Waals surface area contributed by atoms with Crippen LogP contribution in [0.4, 0.5) is 0 Å². The topological polar surface area (TPSA) is 15.3 Å². The first-order chi connectivity index (χ1) is 6.03. The molecule has 1 atom stereocenters. The zero-order valence-electron chi connectivity index (χ0n) is 9.14. The van der Waals surface area contributed by atoms with Crippen molar-refractivity contribution in [3.8, 4) is 0 Å². The molecule has 0 aromatic rings. The van der Waals surface area contributed by atoms with E-state index in [0.717, 1.165) is 13.1 Å².